The van der Waals surface area contributed by atoms with E-state index in [2.05, 4.69) is 12.2 Å². The third kappa shape index (κ3) is 3.29. The van der Waals surface area contributed by atoms with Crippen molar-refractivity contribution in [3.8, 4) is 0 Å². The number of nitro groups is 1. The Balaban J connectivity index is 2.25. The number of carboxylic acids is 1. The van der Waals surface area contributed by atoms with Crippen LogP contribution >= 0.6 is 0 Å². The summed E-state index contributed by atoms with van der Waals surface area (Å²) in [5.41, 5.74) is -1.21. The van der Waals surface area contributed by atoms with E-state index in [1.807, 2.05) is 0 Å². The fraction of sp³-hybridized carbons (Fsp3) is 0.500. The van der Waals surface area contributed by atoms with Crippen LogP contribution in [0, 0.1) is 21.3 Å². The molecular formula is C14H17FN2O4. The van der Waals surface area contributed by atoms with Gasteiger partial charge in [-0.2, -0.15) is 0 Å². The van der Waals surface area contributed by atoms with Crippen LogP contribution in [0.2, 0.25) is 0 Å². The van der Waals surface area contributed by atoms with Crippen LogP contribution in [0.1, 0.15) is 43.0 Å². The molecule has 0 aliphatic heterocycles. The molecule has 1 aliphatic rings. The van der Waals surface area contributed by atoms with E-state index in [-0.39, 0.29) is 11.1 Å². The highest BCUT2D eigenvalue weighted by molar-refractivity contribution is 5.93. The van der Waals surface area contributed by atoms with Crippen molar-refractivity contribution in [1.82, 2.24) is 0 Å². The SMILES string of the molecule is CC1(CNc2cc(C(=O)O)c([N+](=O)[O-])cc2F)CCCC1. The Morgan fingerprint density at radius 2 is 2.10 bits per heavy atom. The topological polar surface area (TPSA) is 92.5 Å². The Labute approximate surface area is 121 Å². The van der Waals surface area contributed by atoms with Crippen molar-refractivity contribution in [3.05, 3.63) is 33.6 Å². The fourth-order valence-electron chi connectivity index (χ4n) is 2.73. The normalized spacial score (nSPS) is 16.7. The summed E-state index contributed by atoms with van der Waals surface area (Å²) in [7, 11) is 0. The van der Waals surface area contributed by atoms with Gasteiger partial charge in [-0.1, -0.05) is 19.8 Å². The number of nitrogens with zero attached hydrogens (tertiary/aromatic N) is 1. The average Bonchev–Trinajstić information content (AvgIpc) is 2.84. The molecule has 2 N–H and O–H groups in total. The van der Waals surface area contributed by atoms with Gasteiger partial charge in [-0.25, -0.2) is 9.18 Å². The van der Waals surface area contributed by atoms with Crippen LogP contribution in [0.5, 0.6) is 0 Å². The molecule has 0 radical (unpaired) electrons. The van der Waals surface area contributed by atoms with Gasteiger partial charge in [0.05, 0.1) is 16.7 Å². The maximum absolute atomic E-state index is 13.9. The zero-order chi connectivity index (χ0) is 15.6. The first-order chi connectivity index (χ1) is 9.82. The summed E-state index contributed by atoms with van der Waals surface area (Å²) < 4.78 is 13.9. The van der Waals surface area contributed by atoms with Crippen molar-refractivity contribution in [2.24, 2.45) is 5.41 Å². The molecule has 114 valence electrons. The number of hydrogen-bond acceptors (Lipinski definition) is 4. The molecule has 2 rings (SSSR count). The number of benzene rings is 1. The lowest BCUT2D eigenvalue weighted by Crippen LogP contribution is -2.23. The lowest BCUT2D eigenvalue weighted by molar-refractivity contribution is -0.385. The van der Waals surface area contributed by atoms with Crippen LogP contribution in [0.25, 0.3) is 0 Å². The number of aromatic carboxylic acids is 1. The van der Waals surface area contributed by atoms with Crippen molar-refractivity contribution in [1.29, 1.82) is 0 Å². The standard InChI is InChI=1S/C14H17FN2O4/c1-14(4-2-3-5-14)8-16-11-6-9(13(18)19)12(17(20)21)7-10(11)15/h6-7,16H,2-5,8H2,1H3,(H,18,19). The van der Waals surface area contributed by atoms with Crippen LogP contribution in [-0.4, -0.2) is 22.5 Å². The van der Waals surface area contributed by atoms with E-state index in [0.29, 0.717) is 12.6 Å². The zero-order valence-corrected chi connectivity index (χ0v) is 11.7. The minimum absolute atomic E-state index is 0.00822. The summed E-state index contributed by atoms with van der Waals surface area (Å²) in [5.74, 6) is -2.26. The summed E-state index contributed by atoms with van der Waals surface area (Å²) in [6, 6.07) is 1.65. The molecule has 6 nitrogen and oxygen atoms in total. The van der Waals surface area contributed by atoms with Gasteiger partial charge in [0.25, 0.3) is 5.69 Å². The van der Waals surface area contributed by atoms with Gasteiger partial charge in [0.2, 0.25) is 0 Å². The molecule has 0 amide bonds. The lowest BCUT2D eigenvalue weighted by Gasteiger charge is -2.24. The Bertz CT molecular complexity index is 583. The summed E-state index contributed by atoms with van der Waals surface area (Å²) in [5, 5.41) is 22.7. The Morgan fingerprint density at radius 1 is 1.48 bits per heavy atom. The molecule has 0 unspecified atom stereocenters. The third-order valence-corrected chi connectivity index (χ3v) is 4.03. The van der Waals surface area contributed by atoms with Gasteiger partial charge in [0, 0.05) is 6.54 Å². The molecule has 0 spiro atoms. The molecule has 0 heterocycles. The first-order valence-corrected chi connectivity index (χ1v) is 6.77. The molecule has 21 heavy (non-hydrogen) atoms. The quantitative estimate of drug-likeness (QED) is 0.641. The second-order valence-corrected chi connectivity index (χ2v) is 5.78. The van der Waals surface area contributed by atoms with E-state index < -0.39 is 28.0 Å². The van der Waals surface area contributed by atoms with Crippen LogP contribution in [-0.2, 0) is 0 Å². The molecule has 1 fully saturated rings. The van der Waals surface area contributed by atoms with E-state index in [4.69, 9.17) is 5.11 Å². The molecule has 0 bridgehead atoms. The number of carbonyl (C=O) groups is 1. The van der Waals surface area contributed by atoms with Crippen molar-refractivity contribution in [3.63, 3.8) is 0 Å². The molecule has 1 saturated carbocycles. The number of nitrogens with one attached hydrogen (secondary N) is 1. The highest BCUT2D eigenvalue weighted by atomic mass is 19.1. The molecule has 0 saturated heterocycles. The van der Waals surface area contributed by atoms with E-state index in [1.54, 1.807) is 0 Å². The molecule has 7 heteroatoms. The van der Waals surface area contributed by atoms with Crippen LogP contribution in [0.15, 0.2) is 12.1 Å². The van der Waals surface area contributed by atoms with Crippen molar-refractivity contribution >= 4 is 17.3 Å². The van der Waals surface area contributed by atoms with Crippen molar-refractivity contribution in [2.45, 2.75) is 32.6 Å². The fourth-order valence-corrected chi connectivity index (χ4v) is 2.73. The van der Waals surface area contributed by atoms with Gasteiger partial charge >= 0.3 is 5.97 Å². The van der Waals surface area contributed by atoms with Gasteiger partial charge in [0.15, 0.2) is 5.82 Å². The Kier molecular flexibility index (Phi) is 4.11. The van der Waals surface area contributed by atoms with Gasteiger partial charge < -0.3 is 10.4 Å². The molecule has 1 aromatic carbocycles. The first kappa shape index (κ1) is 15.2. The Morgan fingerprint density at radius 3 is 2.62 bits per heavy atom. The van der Waals surface area contributed by atoms with E-state index in [9.17, 15) is 19.3 Å². The number of nitro benzene ring substituents is 1. The number of hydrogen-bond donors (Lipinski definition) is 2. The maximum Gasteiger partial charge on any atom is 0.342 e. The van der Waals surface area contributed by atoms with Crippen LogP contribution in [0.3, 0.4) is 0 Å². The summed E-state index contributed by atoms with van der Waals surface area (Å²) in [4.78, 5) is 20.9. The lowest BCUT2D eigenvalue weighted by atomic mass is 9.89. The molecule has 1 aromatic rings. The number of anilines is 1. The molecular weight excluding hydrogens is 279 g/mol. The molecule has 0 aromatic heterocycles. The zero-order valence-electron chi connectivity index (χ0n) is 11.7. The molecule has 0 atom stereocenters. The smallest absolute Gasteiger partial charge is 0.342 e. The van der Waals surface area contributed by atoms with E-state index in [0.717, 1.165) is 31.7 Å². The first-order valence-electron chi connectivity index (χ1n) is 6.77. The van der Waals surface area contributed by atoms with Crippen molar-refractivity contribution < 1.29 is 19.2 Å². The molecule has 1 aliphatic carbocycles. The highest BCUT2D eigenvalue weighted by Gasteiger charge is 2.29. The van der Waals surface area contributed by atoms with Gasteiger partial charge in [-0.3, -0.25) is 10.1 Å². The third-order valence-electron chi connectivity index (χ3n) is 4.03. The second-order valence-electron chi connectivity index (χ2n) is 5.78. The van der Waals surface area contributed by atoms with Gasteiger partial charge in [0.1, 0.15) is 5.56 Å². The summed E-state index contributed by atoms with van der Waals surface area (Å²) in [6.07, 6.45) is 4.31. The largest absolute Gasteiger partial charge is 0.477 e. The number of carboxylic acid groups (broad SMARTS) is 1. The average molecular weight is 296 g/mol. The highest BCUT2D eigenvalue weighted by Crippen LogP contribution is 2.38. The predicted octanol–water partition coefficient (Wildman–Crippen LogP) is 3.42. The number of halogens is 1. The minimum atomic E-state index is -1.45. The summed E-state index contributed by atoms with van der Waals surface area (Å²) >= 11 is 0. The Hall–Kier alpha value is -2.18. The van der Waals surface area contributed by atoms with E-state index >= 15 is 0 Å². The number of rotatable bonds is 5. The van der Waals surface area contributed by atoms with Crippen LogP contribution in [0.4, 0.5) is 15.8 Å². The summed E-state index contributed by atoms with van der Waals surface area (Å²) in [6.45, 7) is 2.61. The van der Waals surface area contributed by atoms with Crippen LogP contribution < -0.4 is 5.32 Å². The van der Waals surface area contributed by atoms with Gasteiger partial charge in [-0.15, -0.1) is 0 Å². The maximum atomic E-state index is 13.9. The van der Waals surface area contributed by atoms with Crippen molar-refractivity contribution in [2.75, 3.05) is 11.9 Å². The second kappa shape index (κ2) is 5.67. The minimum Gasteiger partial charge on any atom is -0.477 e. The van der Waals surface area contributed by atoms with E-state index in [1.165, 1.54) is 0 Å². The monoisotopic (exact) mass is 296 g/mol. The predicted molar refractivity (Wildman–Crippen MR) is 75.1 cm³/mol. The van der Waals surface area contributed by atoms with Gasteiger partial charge in [-0.05, 0) is 24.3 Å².